The molecule has 0 N–H and O–H groups in total. The van der Waals surface area contributed by atoms with Crippen molar-refractivity contribution < 1.29 is 22.1 Å². The molecule has 0 saturated heterocycles. The minimum atomic E-state index is -4.09. The number of hydrogen-bond donors (Lipinski definition) is 0. The van der Waals surface area contributed by atoms with Gasteiger partial charge in [-0.1, -0.05) is 41.4 Å². The first-order valence-corrected chi connectivity index (χ1v) is 8.67. The normalized spacial score (nSPS) is 11.1. The van der Waals surface area contributed by atoms with Gasteiger partial charge < -0.3 is 8.92 Å². The van der Waals surface area contributed by atoms with E-state index in [0.717, 1.165) is 0 Å². The highest BCUT2D eigenvalue weighted by molar-refractivity contribution is 7.87. The third kappa shape index (κ3) is 4.16. The van der Waals surface area contributed by atoms with Crippen molar-refractivity contribution in [3.63, 3.8) is 0 Å². The molecule has 0 fully saturated rings. The van der Waals surface area contributed by atoms with Crippen LogP contribution >= 0.6 is 23.2 Å². The highest BCUT2D eigenvalue weighted by Gasteiger charge is 2.22. The van der Waals surface area contributed by atoms with Crippen LogP contribution in [0, 0.1) is 0 Å². The Morgan fingerprint density at radius 3 is 2.17 bits per heavy atom. The van der Waals surface area contributed by atoms with Crippen molar-refractivity contribution in [2.24, 2.45) is 0 Å². The summed E-state index contributed by atoms with van der Waals surface area (Å²) >= 11 is 12.0. The molecule has 0 heterocycles. The van der Waals surface area contributed by atoms with Crippen LogP contribution in [0.4, 0.5) is 0 Å². The topological polar surface area (TPSA) is 69.7 Å². The zero-order valence-corrected chi connectivity index (χ0v) is 14.3. The van der Waals surface area contributed by atoms with Crippen LogP contribution in [-0.2, 0) is 14.9 Å². The lowest BCUT2D eigenvalue weighted by Crippen LogP contribution is -2.11. The summed E-state index contributed by atoms with van der Waals surface area (Å²) in [7, 11) is -4.09. The molecule has 0 bridgehead atoms. The van der Waals surface area contributed by atoms with E-state index in [2.05, 4.69) is 0 Å². The Kier molecular flexibility index (Phi) is 5.51. The Labute approximate surface area is 143 Å². The van der Waals surface area contributed by atoms with Gasteiger partial charge in [0.05, 0.1) is 22.2 Å². The molecule has 0 saturated carbocycles. The molecule has 0 aliphatic carbocycles. The van der Waals surface area contributed by atoms with E-state index in [1.807, 2.05) is 0 Å². The van der Waals surface area contributed by atoms with E-state index in [1.165, 1.54) is 24.3 Å². The van der Waals surface area contributed by atoms with E-state index in [-0.39, 0.29) is 32.9 Å². The van der Waals surface area contributed by atoms with Crippen molar-refractivity contribution in [3.8, 4) is 5.75 Å². The molecule has 2 rings (SSSR count). The van der Waals surface area contributed by atoms with Gasteiger partial charge >= 0.3 is 16.1 Å². The molecule has 2 aromatic carbocycles. The van der Waals surface area contributed by atoms with Crippen molar-refractivity contribution in [2.45, 2.75) is 11.8 Å². The maximum atomic E-state index is 12.2. The van der Waals surface area contributed by atoms with Gasteiger partial charge in [-0.3, -0.25) is 0 Å². The highest BCUT2D eigenvalue weighted by Crippen LogP contribution is 2.36. The van der Waals surface area contributed by atoms with Gasteiger partial charge in [0.2, 0.25) is 0 Å². The predicted octanol–water partition coefficient (Wildman–Crippen LogP) is 3.94. The van der Waals surface area contributed by atoms with Gasteiger partial charge in [0, 0.05) is 0 Å². The fraction of sp³-hybridized carbons (Fsp3) is 0.133. The van der Waals surface area contributed by atoms with Crippen molar-refractivity contribution in [3.05, 3.63) is 58.1 Å². The molecule has 0 aliphatic rings. The van der Waals surface area contributed by atoms with Gasteiger partial charge in [0.1, 0.15) is 4.90 Å². The van der Waals surface area contributed by atoms with Crippen LogP contribution in [0.1, 0.15) is 17.3 Å². The van der Waals surface area contributed by atoms with Crippen molar-refractivity contribution in [2.75, 3.05) is 6.61 Å². The van der Waals surface area contributed by atoms with Crippen LogP contribution in [0.3, 0.4) is 0 Å². The first-order valence-electron chi connectivity index (χ1n) is 6.51. The average molecular weight is 375 g/mol. The lowest BCUT2D eigenvalue weighted by atomic mass is 10.2. The molecule has 122 valence electrons. The zero-order valence-electron chi connectivity index (χ0n) is 12.0. The first-order chi connectivity index (χ1) is 10.8. The summed E-state index contributed by atoms with van der Waals surface area (Å²) in [4.78, 5) is 11.6. The van der Waals surface area contributed by atoms with E-state index in [1.54, 1.807) is 25.1 Å². The Morgan fingerprint density at radius 1 is 1.09 bits per heavy atom. The second-order valence-corrected chi connectivity index (χ2v) is 6.70. The van der Waals surface area contributed by atoms with E-state index < -0.39 is 16.1 Å². The lowest BCUT2D eigenvalue weighted by molar-refractivity contribution is 0.0526. The van der Waals surface area contributed by atoms with Crippen molar-refractivity contribution >= 4 is 39.3 Å². The smallest absolute Gasteiger partial charge is 0.339 e. The monoisotopic (exact) mass is 374 g/mol. The van der Waals surface area contributed by atoms with Gasteiger partial charge in [-0.05, 0) is 31.2 Å². The number of halogens is 2. The Bertz CT molecular complexity index is 796. The molecule has 0 unspecified atom stereocenters. The average Bonchev–Trinajstić information content (AvgIpc) is 2.52. The molecule has 23 heavy (non-hydrogen) atoms. The molecule has 0 aliphatic heterocycles. The minimum absolute atomic E-state index is 0.0402. The van der Waals surface area contributed by atoms with Crippen molar-refractivity contribution in [1.82, 2.24) is 0 Å². The Balaban J connectivity index is 2.36. The summed E-state index contributed by atoms with van der Waals surface area (Å²) in [5.41, 5.74) is 0.103. The summed E-state index contributed by atoms with van der Waals surface area (Å²) in [5.74, 6) is -0.862. The predicted molar refractivity (Wildman–Crippen MR) is 86.7 cm³/mol. The summed E-state index contributed by atoms with van der Waals surface area (Å²) in [6, 6.07) is 10.0. The van der Waals surface area contributed by atoms with Crippen molar-refractivity contribution in [1.29, 1.82) is 0 Å². The van der Waals surface area contributed by atoms with Gasteiger partial charge in [-0.15, -0.1) is 0 Å². The number of esters is 1. The molecule has 0 radical (unpaired) electrons. The fourth-order valence-electron chi connectivity index (χ4n) is 1.72. The summed E-state index contributed by atoms with van der Waals surface area (Å²) in [6.07, 6.45) is 0. The number of hydrogen-bond acceptors (Lipinski definition) is 5. The molecule has 2 aromatic rings. The second-order valence-electron chi connectivity index (χ2n) is 4.34. The highest BCUT2D eigenvalue weighted by atomic mass is 35.5. The third-order valence-electron chi connectivity index (χ3n) is 2.73. The maximum Gasteiger partial charge on any atom is 0.339 e. The quantitative estimate of drug-likeness (QED) is 0.585. The standard InChI is InChI=1S/C15H12Cl2O5S/c1-2-21-15(18)10-8-12(16)14(13(17)9-10)22-23(19,20)11-6-4-3-5-7-11/h3-9H,2H2,1H3. The van der Waals surface area contributed by atoms with E-state index in [9.17, 15) is 13.2 Å². The van der Waals surface area contributed by atoms with Crippen LogP contribution in [0.15, 0.2) is 47.4 Å². The summed E-state index contributed by atoms with van der Waals surface area (Å²) in [5, 5.41) is -0.222. The van der Waals surface area contributed by atoms with Gasteiger partial charge in [0.25, 0.3) is 0 Å². The molecule has 0 spiro atoms. The molecular formula is C15H12Cl2O5S. The minimum Gasteiger partial charge on any atom is -0.462 e. The molecule has 0 amide bonds. The third-order valence-corrected chi connectivity index (χ3v) is 4.53. The number of benzene rings is 2. The molecular weight excluding hydrogens is 363 g/mol. The molecule has 0 aromatic heterocycles. The van der Waals surface area contributed by atoms with E-state index in [4.69, 9.17) is 32.1 Å². The number of carbonyl (C=O) groups excluding carboxylic acids is 1. The number of rotatable bonds is 5. The van der Waals surface area contributed by atoms with Crippen LogP contribution in [-0.4, -0.2) is 21.0 Å². The zero-order chi connectivity index (χ0) is 17.0. The van der Waals surface area contributed by atoms with Crippen LogP contribution in [0.5, 0.6) is 5.75 Å². The van der Waals surface area contributed by atoms with Gasteiger partial charge in [0.15, 0.2) is 5.75 Å². The van der Waals surface area contributed by atoms with E-state index >= 15 is 0 Å². The van der Waals surface area contributed by atoms with Crippen LogP contribution < -0.4 is 4.18 Å². The SMILES string of the molecule is CCOC(=O)c1cc(Cl)c(OS(=O)(=O)c2ccccc2)c(Cl)c1. The Hall–Kier alpha value is -1.76. The summed E-state index contributed by atoms with van der Waals surface area (Å²) < 4.78 is 34.2. The van der Waals surface area contributed by atoms with Crippen LogP contribution in [0.25, 0.3) is 0 Å². The molecule has 5 nitrogen and oxygen atoms in total. The fourth-order valence-corrected chi connectivity index (χ4v) is 3.36. The number of ether oxygens (including phenoxy) is 1. The molecule has 8 heteroatoms. The van der Waals surface area contributed by atoms with Gasteiger partial charge in [-0.2, -0.15) is 8.42 Å². The van der Waals surface area contributed by atoms with Gasteiger partial charge in [-0.25, -0.2) is 4.79 Å². The Morgan fingerprint density at radius 2 is 1.65 bits per heavy atom. The first kappa shape index (κ1) is 17.6. The van der Waals surface area contributed by atoms with E-state index in [0.29, 0.717) is 0 Å². The number of carbonyl (C=O) groups is 1. The van der Waals surface area contributed by atoms with Crippen LogP contribution in [0.2, 0.25) is 10.0 Å². The largest absolute Gasteiger partial charge is 0.462 e. The summed E-state index contributed by atoms with van der Waals surface area (Å²) in [6.45, 7) is 1.85. The molecule has 0 atom stereocenters. The maximum absolute atomic E-state index is 12.2. The second kappa shape index (κ2) is 7.21. The lowest BCUT2D eigenvalue weighted by Gasteiger charge is -2.11.